The van der Waals surface area contributed by atoms with E-state index >= 15 is 0 Å². The molecule has 1 fully saturated rings. The van der Waals surface area contributed by atoms with Gasteiger partial charge in [0, 0.05) is 18.3 Å². The first-order valence-corrected chi connectivity index (χ1v) is 7.77. The molecule has 1 aliphatic rings. The molecule has 1 saturated heterocycles. The second-order valence-corrected chi connectivity index (χ2v) is 6.00. The summed E-state index contributed by atoms with van der Waals surface area (Å²) in [7, 11) is 0. The Bertz CT molecular complexity index is 506. The van der Waals surface area contributed by atoms with E-state index in [1.54, 1.807) is 12.7 Å². The smallest absolute Gasteiger partial charge is 0.137 e. The van der Waals surface area contributed by atoms with Gasteiger partial charge in [0.05, 0.1) is 6.54 Å². The van der Waals surface area contributed by atoms with E-state index in [1.165, 1.54) is 29.1 Å². The van der Waals surface area contributed by atoms with Crippen molar-refractivity contribution in [3.05, 3.63) is 48.0 Å². The molecule has 4 nitrogen and oxygen atoms in total. The first-order chi connectivity index (χ1) is 9.40. The summed E-state index contributed by atoms with van der Waals surface area (Å²) in [6.45, 7) is 1.74. The van der Waals surface area contributed by atoms with Gasteiger partial charge in [0.2, 0.25) is 0 Å². The highest BCUT2D eigenvalue weighted by Crippen LogP contribution is 2.17. The number of benzene rings is 1. The molecule has 0 radical (unpaired) electrons. The Labute approximate surface area is 117 Å². The zero-order valence-electron chi connectivity index (χ0n) is 10.8. The van der Waals surface area contributed by atoms with Gasteiger partial charge < -0.3 is 5.32 Å². The molecule has 0 bridgehead atoms. The first-order valence-electron chi connectivity index (χ1n) is 6.61. The number of rotatable bonds is 5. The molecular formula is C14H18N4S. The molecule has 5 heteroatoms. The quantitative estimate of drug-likeness (QED) is 0.904. The molecular weight excluding hydrogens is 256 g/mol. The van der Waals surface area contributed by atoms with Crippen molar-refractivity contribution in [2.75, 3.05) is 11.5 Å². The Balaban J connectivity index is 1.59. The maximum atomic E-state index is 4.14. The van der Waals surface area contributed by atoms with Crippen molar-refractivity contribution in [1.82, 2.24) is 20.1 Å². The molecule has 0 aliphatic carbocycles. The van der Waals surface area contributed by atoms with Crippen molar-refractivity contribution in [2.45, 2.75) is 25.6 Å². The molecule has 1 N–H and O–H groups in total. The summed E-state index contributed by atoms with van der Waals surface area (Å²) in [6, 6.07) is 9.36. The predicted octanol–water partition coefficient (Wildman–Crippen LogP) is 1.92. The standard InChI is InChI=1S/C14H18N4S/c1-2-12(7-16-14-4-5-19-9-14)6-13(3-1)8-18-11-15-10-17-18/h1-3,6,10-11,14,16H,4-5,7-9H2/t14-/m1/s1. The summed E-state index contributed by atoms with van der Waals surface area (Å²) in [5, 5.41) is 7.77. The molecule has 100 valence electrons. The van der Waals surface area contributed by atoms with Gasteiger partial charge in [-0.2, -0.15) is 16.9 Å². The normalized spacial score (nSPS) is 18.8. The SMILES string of the molecule is c1cc(CN[C@@H]2CCSC2)cc(Cn2cncn2)c1. The van der Waals surface area contributed by atoms with Crippen LogP contribution in [0.3, 0.4) is 0 Å². The molecule has 1 aromatic heterocycles. The first kappa shape index (κ1) is 12.7. The van der Waals surface area contributed by atoms with Gasteiger partial charge in [-0.1, -0.05) is 24.3 Å². The van der Waals surface area contributed by atoms with Crippen molar-refractivity contribution in [3.8, 4) is 0 Å². The zero-order chi connectivity index (χ0) is 12.9. The Morgan fingerprint density at radius 3 is 3.11 bits per heavy atom. The number of hydrogen-bond acceptors (Lipinski definition) is 4. The van der Waals surface area contributed by atoms with Crippen LogP contribution >= 0.6 is 11.8 Å². The van der Waals surface area contributed by atoms with E-state index in [1.807, 2.05) is 16.4 Å². The van der Waals surface area contributed by atoms with Crippen molar-refractivity contribution in [1.29, 1.82) is 0 Å². The summed E-state index contributed by atoms with van der Waals surface area (Å²) in [5.41, 5.74) is 2.61. The molecule has 2 heterocycles. The largest absolute Gasteiger partial charge is 0.309 e. The Kier molecular flexibility index (Phi) is 4.15. The maximum absolute atomic E-state index is 4.14. The second-order valence-electron chi connectivity index (χ2n) is 4.85. The van der Waals surface area contributed by atoms with Crippen LogP contribution < -0.4 is 5.32 Å². The highest BCUT2D eigenvalue weighted by atomic mass is 32.2. The molecule has 19 heavy (non-hydrogen) atoms. The lowest BCUT2D eigenvalue weighted by molar-refractivity contribution is 0.557. The zero-order valence-corrected chi connectivity index (χ0v) is 11.6. The molecule has 3 rings (SSSR count). The van der Waals surface area contributed by atoms with E-state index in [4.69, 9.17) is 0 Å². The molecule has 1 aromatic carbocycles. The van der Waals surface area contributed by atoms with E-state index in [0.717, 1.165) is 13.1 Å². The lowest BCUT2D eigenvalue weighted by Crippen LogP contribution is -2.27. The molecule has 0 amide bonds. The van der Waals surface area contributed by atoms with Crippen LogP contribution in [0.25, 0.3) is 0 Å². The summed E-state index contributed by atoms with van der Waals surface area (Å²) < 4.78 is 1.85. The Morgan fingerprint density at radius 1 is 1.37 bits per heavy atom. The van der Waals surface area contributed by atoms with E-state index in [-0.39, 0.29) is 0 Å². The Morgan fingerprint density at radius 2 is 2.32 bits per heavy atom. The molecule has 0 saturated carbocycles. The number of nitrogens with zero attached hydrogens (tertiary/aromatic N) is 3. The maximum Gasteiger partial charge on any atom is 0.137 e. The lowest BCUT2D eigenvalue weighted by atomic mass is 10.1. The molecule has 0 unspecified atom stereocenters. The van der Waals surface area contributed by atoms with Gasteiger partial charge in [-0.05, 0) is 23.3 Å². The fourth-order valence-corrected chi connectivity index (χ4v) is 3.48. The van der Waals surface area contributed by atoms with Crippen LogP contribution in [0, 0.1) is 0 Å². The fraction of sp³-hybridized carbons (Fsp3) is 0.429. The fourth-order valence-electron chi connectivity index (χ4n) is 2.30. The molecule has 1 atom stereocenters. The average molecular weight is 274 g/mol. The van der Waals surface area contributed by atoms with Gasteiger partial charge >= 0.3 is 0 Å². The summed E-state index contributed by atoms with van der Waals surface area (Å²) >= 11 is 2.04. The third-order valence-electron chi connectivity index (χ3n) is 3.33. The second kappa shape index (κ2) is 6.21. The van der Waals surface area contributed by atoms with Crippen LogP contribution in [0.2, 0.25) is 0 Å². The van der Waals surface area contributed by atoms with Crippen molar-refractivity contribution >= 4 is 11.8 Å². The van der Waals surface area contributed by atoms with Crippen LogP contribution in [-0.4, -0.2) is 32.3 Å². The average Bonchev–Trinajstić information content (AvgIpc) is 3.10. The van der Waals surface area contributed by atoms with Crippen LogP contribution in [-0.2, 0) is 13.1 Å². The van der Waals surface area contributed by atoms with Gasteiger partial charge in [-0.3, -0.25) is 0 Å². The van der Waals surface area contributed by atoms with Crippen molar-refractivity contribution in [3.63, 3.8) is 0 Å². The third-order valence-corrected chi connectivity index (χ3v) is 4.49. The summed E-state index contributed by atoms with van der Waals surface area (Å²) in [5.74, 6) is 2.54. The van der Waals surface area contributed by atoms with Crippen molar-refractivity contribution in [2.24, 2.45) is 0 Å². The van der Waals surface area contributed by atoms with E-state index < -0.39 is 0 Å². The van der Waals surface area contributed by atoms with Gasteiger partial charge in [-0.15, -0.1) is 0 Å². The third kappa shape index (κ3) is 3.58. The van der Waals surface area contributed by atoms with E-state index in [9.17, 15) is 0 Å². The van der Waals surface area contributed by atoms with E-state index in [2.05, 4.69) is 39.7 Å². The number of hydrogen-bond donors (Lipinski definition) is 1. The van der Waals surface area contributed by atoms with Crippen LogP contribution in [0.15, 0.2) is 36.9 Å². The lowest BCUT2D eigenvalue weighted by Gasteiger charge is -2.12. The monoisotopic (exact) mass is 274 g/mol. The molecule has 1 aliphatic heterocycles. The highest BCUT2D eigenvalue weighted by molar-refractivity contribution is 7.99. The minimum absolute atomic E-state index is 0.684. The number of thioether (sulfide) groups is 1. The topological polar surface area (TPSA) is 42.7 Å². The van der Waals surface area contributed by atoms with Gasteiger partial charge in [0.25, 0.3) is 0 Å². The summed E-state index contributed by atoms with van der Waals surface area (Å²) in [4.78, 5) is 3.97. The van der Waals surface area contributed by atoms with Crippen LogP contribution in [0.5, 0.6) is 0 Å². The van der Waals surface area contributed by atoms with E-state index in [0.29, 0.717) is 6.04 Å². The minimum Gasteiger partial charge on any atom is -0.309 e. The van der Waals surface area contributed by atoms with Crippen LogP contribution in [0.4, 0.5) is 0 Å². The molecule has 0 spiro atoms. The number of nitrogens with one attached hydrogen (secondary N) is 1. The van der Waals surface area contributed by atoms with Gasteiger partial charge in [-0.25, -0.2) is 9.67 Å². The van der Waals surface area contributed by atoms with Gasteiger partial charge in [0.1, 0.15) is 12.7 Å². The Hall–Kier alpha value is -1.33. The number of aromatic nitrogens is 3. The van der Waals surface area contributed by atoms with Crippen molar-refractivity contribution < 1.29 is 0 Å². The highest BCUT2D eigenvalue weighted by Gasteiger charge is 2.14. The van der Waals surface area contributed by atoms with Crippen LogP contribution in [0.1, 0.15) is 17.5 Å². The summed E-state index contributed by atoms with van der Waals surface area (Å²) in [6.07, 6.45) is 4.62. The minimum atomic E-state index is 0.684. The van der Waals surface area contributed by atoms with Gasteiger partial charge in [0.15, 0.2) is 0 Å². The predicted molar refractivity (Wildman–Crippen MR) is 78.1 cm³/mol. The molecule has 2 aromatic rings.